The first-order valence-corrected chi connectivity index (χ1v) is 11.4. The Bertz CT molecular complexity index is 1100. The molecule has 1 aromatic rings. The molecule has 3 N–H and O–H groups in total. The highest BCUT2D eigenvalue weighted by Gasteiger charge is 2.71. The summed E-state index contributed by atoms with van der Waals surface area (Å²) in [4.78, 5) is 37.4. The van der Waals surface area contributed by atoms with Crippen LogP contribution in [0.15, 0.2) is 24.3 Å². The number of aromatic carboxylic acids is 1. The van der Waals surface area contributed by atoms with Gasteiger partial charge >= 0.3 is 5.97 Å². The van der Waals surface area contributed by atoms with Gasteiger partial charge in [0.1, 0.15) is 17.0 Å². The van der Waals surface area contributed by atoms with Crippen LogP contribution < -0.4 is 10.1 Å². The molecule has 2 heterocycles. The van der Waals surface area contributed by atoms with Gasteiger partial charge in [-0.05, 0) is 62.1 Å². The molecule has 0 radical (unpaired) electrons. The lowest BCUT2D eigenvalue weighted by atomic mass is 9.51. The van der Waals surface area contributed by atoms with E-state index in [0.717, 1.165) is 19.3 Å². The lowest BCUT2D eigenvalue weighted by Crippen LogP contribution is -2.56. The van der Waals surface area contributed by atoms with Gasteiger partial charge in [0, 0.05) is 17.8 Å². The van der Waals surface area contributed by atoms with Gasteiger partial charge < -0.3 is 25.0 Å². The highest BCUT2D eigenvalue weighted by Crippen LogP contribution is 2.71. The summed E-state index contributed by atoms with van der Waals surface area (Å²) in [5.74, 6) is -1.60. The largest absolute Gasteiger partial charge is 0.505 e. The summed E-state index contributed by atoms with van der Waals surface area (Å²) in [5.41, 5.74) is -1.34. The van der Waals surface area contributed by atoms with Crippen molar-refractivity contribution in [2.24, 2.45) is 22.7 Å². The van der Waals surface area contributed by atoms with E-state index in [1.807, 2.05) is 6.92 Å². The van der Waals surface area contributed by atoms with E-state index in [1.165, 1.54) is 19.2 Å². The molecule has 176 valence electrons. The fourth-order valence-corrected chi connectivity index (χ4v) is 7.25. The van der Waals surface area contributed by atoms with Gasteiger partial charge in [-0.25, -0.2) is 4.79 Å². The molecule has 8 nitrogen and oxygen atoms in total. The summed E-state index contributed by atoms with van der Waals surface area (Å²) in [6.07, 6.45) is 7.08. The van der Waals surface area contributed by atoms with Gasteiger partial charge in [-0.15, -0.1) is 0 Å². The second kappa shape index (κ2) is 7.06. The van der Waals surface area contributed by atoms with Gasteiger partial charge in [0.25, 0.3) is 0 Å². The molecule has 3 aliphatic carbocycles. The average Bonchev–Trinajstić information content (AvgIpc) is 3.12. The topological polar surface area (TPSA) is 122 Å². The van der Waals surface area contributed by atoms with Crippen LogP contribution >= 0.6 is 0 Å². The molecule has 4 fully saturated rings. The molecule has 1 spiro atoms. The minimum atomic E-state index is -1.32. The molecular weight excluding hydrogens is 426 g/mol. The molecule has 2 saturated carbocycles. The van der Waals surface area contributed by atoms with Crippen molar-refractivity contribution in [3.63, 3.8) is 0 Å². The first-order chi connectivity index (χ1) is 15.5. The Labute approximate surface area is 192 Å². The van der Waals surface area contributed by atoms with Gasteiger partial charge in [-0.3, -0.25) is 9.59 Å². The Morgan fingerprint density at radius 1 is 1.30 bits per heavy atom. The fraction of sp³-hybridized carbons (Fsp3) is 0.560. The van der Waals surface area contributed by atoms with E-state index in [4.69, 9.17) is 9.47 Å². The van der Waals surface area contributed by atoms with Gasteiger partial charge in [0.15, 0.2) is 11.5 Å². The van der Waals surface area contributed by atoms with Crippen LogP contribution in [0.25, 0.3) is 0 Å². The number of ether oxygens (including phenoxy) is 2. The van der Waals surface area contributed by atoms with E-state index < -0.39 is 23.0 Å². The van der Waals surface area contributed by atoms with Crippen molar-refractivity contribution >= 4 is 23.3 Å². The normalized spacial score (nSPS) is 37.8. The Morgan fingerprint density at radius 3 is 2.73 bits per heavy atom. The zero-order chi connectivity index (χ0) is 23.8. The molecule has 6 atom stereocenters. The van der Waals surface area contributed by atoms with Gasteiger partial charge in [-0.2, -0.15) is 0 Å². The number of anilines is 1. The Hall–Kier alpha value is -2.87. The van der Waals surface area contributed by atoms with Crippen LogP contribution in [0.3, 0.4) is 0 Å². The SMILES string of the molecule is COc1ccc(C(=O)O)c(O)c1NC(=O)CC[C@]1(C)C(=O)C=C[C@]23C[C@H]4C[C@H](O[C@@]4(C)C2)[C@H]31. The molecule has 2 aliphatic heterocycles. The zero-order valence-electron chi connectivity index (χ0n) is 19.0. The van der Waals surface area contributed by atoms with Crippen molar-refractivity contribution < 1.29 is 34.1 Å². The van der Waals surface area contributed by atoms with Crippen molar-refractivity contribution in [3.05, 3.63) is 29.8 Å². The predicted molar refractivity (Wildman–Crippen MR) is 118 cm³/mol. The van der Waals surface area contributed by atoms with Gasteiger partial charge in [0.2, 0.25) is 5.91 Å². The van der Waals surface area contributed by atoms with Crippen LogP contribution in [0.1, 0.15) is 56.3 Å². The maximum absolute atomic E-state index is 13.1. The predicted octanol–water partition coefficient (Wildman–Crippen LogP) is 3.54. The second-order valence-electron chi connectivity index (χ2n) is 10.5. The van der Waals surface area contributed by atoms with Crippen molar-refractivity contribution in [3.8, 4) is 11.5 Å². The summed E-state index contributed by atoms with van der Waals surface area (Å²) >= 11 is 0. The first-order valence-electron chi connectivity index (χ1n) is 11.4. The van der Waals surface area contributed by atoms with E-state index >= 15 is 0 Å². The number of amides is 1. The number of ketones is 1. The summed E-state index contributed by atoms with van der Waals surface area (Å²) in [7, 11) is 1.36. The van der Waals surface area contributed by atoms with Crippen LogP contribution in [0.4, 0.5) is 5.69 Å². The van der Waals surface area contributed by atoms with E-state index in [2.05, 4.69) is 18.3 Å². The molecule has 2 saturated heterocycles. The van der Waals surface area contributed by atoms with Crippen LogP contribution in [0.2, 0.25) is 0 Å². The van der Waals surface area contributed by atoms with Crippen LogP contribution in [0, 0.1) is 22.7 Å². The number of carbonyl (C=O) groups is 3. The molecule has 0 aromatic heterocycles. The summed E-state index contributed by atoms with van der Waals surface area (Å²) in [6, 6.07) is 2.59. The van der Waals surface area contributed by atoms with E-state index in [0.29, 0.717) is 12.3 Å². The van der Waals surface area contributed by atoms with Crippen molar-refractivity contribution in [2.75, 3.05) is 12.4 Å². The van der Waals surface area contributed by atoms with Crippen LogP contribution in [-0.4, -0.2) is 46.7 Å². The lowest BCUT2D eigenvalue weighted by molar-refractivity contribution is -0.169. The summed E-state index contributed by atoms with van der Waals surface area (Å²) < 4.78 is 11.6. The highest BCUT2D eigenvalue weighted by atomic mass is 16.5. The third-order valence-electron chi connectivity index (χ3n) is 8.64. The minimum Gasteiger partial charge on any atom is -0.505 e. The average molecular weight is 456 g/mol. The number of nitrogens with one attached hydrogen (secondary N) is 1. The third kappa shape index (κ3) is 3.03. The molecule has 0 unspecified atom stereocenters. The maximum Gasteiger partial charge on any atom is 0.339 e. The maximum atomic E-state index is 13.1. The van der Waals surface area contributed by atoms with E-state index in [1.54, 1.807) is 6.08 Å². The van der Waals surface area contributed by atoms with Crippen molar-refractivity contribution in [1.82, 2.24) is 0 Å². The molecule has 8 heteroatoms. The number of aromatic hydroxyl groups is 1. The smallest absolute Gasteiger partial charge is 0.339 e. The number of benzene rings is 1. The molecule has 5 aliphatic rings. The first kappa shape index (κ1) is 21.9. The summed E-state index contributed by atoms with van der Waals surface area (Å²) in [6.45, 7) is 4.13. The van der Waals surface area contributed by atoms with Crippen molar-refractivity contribution in [2.45, 2.75) is 57.7 Å². The Kier molecular flexibility index (Phi) is 4.70. The third-order valence-corrected chi connectivity index (χ3v) is 8.64. The number of rotatable bonds is 6. The Morgan fingerprint density at radius 2 is 2.06 bits per heavy atom. The second-order valence-corrected chi connectivity index (χ2v) is 10.5. The zero-order valence-corrected chi connectivity index (χ0v) is 19.0. The van der Waals surface area contributed by atoms with Crippen LogP contribution in [0.5, 0.6) is 11.5 Å². The monoisotopic (exact) mass is 455 g/mol. The quantitative estimate of drug-likeness (QED) is 0.561. The number of hydrogen-bond acceptors (Lipinski definition) is 6. The van der Waals surface area contributed by atoms with Crippen LogP contribution in [-0.2, 0) is 14.3 Å². The molecule has 4 bridgehead atoms. The number of hydrogen-bond donors (Lipinski definition) is 3. The van der Waals surface area contributed by atoms with Crippen molar-refractivity contribution in [1.29, 1.82) is 0 Å². The van der Waals surface area contributed by atoms with Gasteiger partial charge in [-0.1, -0.05) is 13.0 Å². The fourth-order valence-electron chi connectivity index (χ4n) is 7.25. The number of allylic oxidation sites excluding steroid dienone is 2. The molecule has 33 heavy (non-hydrogen) atoms. The molecular formula is C25H29NO7. The Balaban J connectivity index is 1.36. The highest BCUT2D eigenvalue weighted by molar-refractivity contribution is 6.00. The van der Waals surface area contributed by atoms with Gasteiger partial charge in [0.05, 0.1) is 18.8 Å². The molecule has 6 rings (SSSR count). The minimum absolute atomic E-state index is 0.0147. The van der Waals surface area contributed by atoms with E-state index in [-0.39, 0.29) is 52.2 Å². The number of carboxylic acids is 1. The number of carbonyl (C=O) groups excluding carboxylic acids is 2. The number of phenols is 1. The lowest BCUT2D eigenvalue weighted by Gasteiger charge is -2.55. The number of carboxylic acid groups (broad SMARTS) is 1. The standard InChI is InChI=1S/C25H29NO7/c1-23(8-7-18(28)26-19-15(32-3)5-4-14(20(19)29)22(30)31)17(27)6-9-25-11-13-10-16(21(23)25)33-24(13,2)12-25/h4-6,9,13,16,21,29H,7-8,10-12H2,1-3H3,(H,26,28)(H,30,31)/t13-,16+,21+,23-,24+,25+/m1/s1. The van der Waals surface area contributed by atoms with E-state index in [9.17, 15) is 24.6 Å². The molecule has 1 amide bonds. The summed E-state index contributed by atoms with van der Waals surface area (Å²) in [5, 5.41) is 22.2. The number of methoxy groups -OCH3 is 1. The molecule has 1 aromatic carbocycles.